The van der Waals surface area contributed by atoms with Gasteiger partial charge in [0.15, 0.2) is 0 Å². The van der Waals surface area contributed by atoms with Gasteiger partial charge in [0.25, 0.3) is 0 Å². The fourth-order valence-electron chi connectivity index (χ4n) is 1.47. The first-order chi connectivity index (χ1) is 8.63. The molecular weight excluding hydrogens is 232 g/mol. The highest BCUT2D eigenvalue weighted by Gasteiger charge is 2.12. The van der Waals surface area contributed by atoms with E-state index >= 15 is 0 Å². The minimum Gasteiger partial charge on any atom is -0.466 e. The molecule has 98 valence electrons. The van der Waals surface area contributed by atoms with Gasteiger partial charge in [0.2, 0.25) is 5.91 Å². The lowest BCUT2D eigenvalue weighted by Gasteiger charge is -2.12. The molecule has 0 fully saturated rings. The summed E-state index contributed by atoms with van der Waals surface area (Å²) in [6.07, 6.45) is 1.92. The van der Waals surface area contributed by atoms with Crippen molar-refractivity contribution in [2.45, 2.75) is 32.7 Å². The van der Waals surface area contributed by atoms with Crippen molar-refractivity contribution in [3.8, 4) is 0 Å². The molecule has 0 bridgehead atoms. The Labute approximate surface area is 107 Å². The van der Waals surface area contributed by atoms with E-state index in [1.54, 1.807) is 13.1 Å². The second-order valence-electron chi connectivity index (χ2n) is 3.85. The second kappa shape index (κ2) is 7.42. The first-order valence-corrected chi connectivity index (χ1v) is 5.99. The van der Waals surface area contributed by atoms with E-state index in [0.717, 1.165) is 5.69 Å². The van der Waals surface area contributed by atoms with Crippen LogP contribution in [0.2, 0.25) is 0 Å². The standard InChI is InChI=1S/C13H18N2O3/c1-3-18-13(17)8-7-12(16)15-10(2)11-6-4-5-9-14-11/h4-6,9-10H,3,7-8H2,1-2H3,(H,15,16)/t10-/m0/s1. The van der Waals surface area contributed by atoms with E-state index in [4.69, 9.17) is 4.74 Å². The predicted molar refractivity (Wildman–Crippen MR) is 66.7 cm³/mol. The van der Waals surface area contributed by atoms with Crippen molar-refractivity contribution in [1.29, 1.82) is 0 Å². The number of aromatic nitrogens is 1. The zero-order chi connectivity index (χ0) is 13.4. The normalized spacial score (nSPS) is 11.7. The molecule has 5 heteroatoms. The number of rotatable bonds is 6. The van der Waals surface area contributed by atoms with E-state index in [0.29, 0.717) is 6.61 Å². The summed E-state index contributed by atoms with van der Waals surface area (Å²) in [5, 5.41) is 2.78. The van der Waals surface area contributed by atoms with Gasteiger partial charge in [-0.1, -0.05) is 6.07 Å². The maximum absolute atomic E-state index is 11.6. The van der Waals surface area contributed by atoms with Crippen LogP contribution in [0.15, 0.2) is 24.4 Å². The largest absolute Gasteiger partial charge is 0.466 e. The summed E-state index contributed by atoms with van der Waals surface area (Å²) in [6, 6.07) is 5.36. The Bertz CT molecular complexity index is 392. The van der Waals surface area contributed by atoms with E-state index in [9.17, 15) is 9.59 Å². The molecule has 0 aromatic carbocycles. The van der Waals surface area contributed by atoms with Crippen molar-refractivity contribution in [3.05, 3.63) is 30.1 Å². The molecular formula is C13H18N2O3. The zero-order valence-electron chi connectivity index (χ0n) is 10.7. The summed E-state index contributed by atoms with van der Waals surface area (Å²) in [4.78, 5) is 26.8. The van der Waals surface area contributed by atoms with Crippen LogP contribution in [-0.4, -0.2) is 23.5 Å². The smallest absolute Gasteiger partial charge is 0.306 e. The summed E-state index contributed by atoms with van der Waals surface area (Å²) in [7, 11) is 0. The molecule has 1 atom stereocenters. The molecule has 5 nitrogen and oxygen atoms in total. The number of nitrogens with zero attached hydrogens (tertiary/aromatic N) is 1. The van der Waals surface area contributed by atoms with Crippen LogP contribution in [0, 0.1) is 0 Å². The molecule has 1 N–H and O–H groups in total. The molecule has 18 heavy (non-hydrogen) atoms. The summed E-state index contributed by atoms with van der Waals surface area (Å²) in [6.45, 7) is 3.93. The van der Waals surface area contributed by atoms with Gasteiger partial charge in [-0.2, -0.15) is 0 Å². The van der Waals surface area contributed by atoms with Crippen LogP contribution in [-0.2, 0) is 14.3 Å². The minimum absolute atomic E-state index is 0.106. The average Bonchev–Trinajstić information content (AvgIpc) is 2.38. The maximum atomic E-state index is 11.6. The minimum atomic E-state index is -0.349. The quantitative estimate of drug-likeness (QED) is 0.779. The lowest BCUT2D eigenvalue weighted by atomic mass is 10.2. The average molecular weight is 250 g/mol. The number of carbonyl (C=O) groups is 2. The molecule has 0 aliphatic heterocycles. The van der Waals surface area contributed by atoms with Gasteiger partial charge in [-0.05, 0) is 26.0 Å². The first-order valence-electron chi connectivity index (χ1n) is 5.99. The highest BCUT2D eigenvalue weighted by molar-refractivity contribution is 5.81. The molecule has 1 aromatic rings. The van der Waals surface area contributed by atoms with Crippen molar-refractivity contribution >= 4 is 11.9 Å². The topological polar surface area (TPSA) is 68.3 Å². The highest BCUT2D eigenvalue weighted by Crippen LogP contribution is 2.08. The molecule has 1 heterocycles. The number of hydrogen-bond donors (Lipinski definition) is 1. The number of esters is 1. The Hall–Kier alpha value is -1.91. The maximum Gasteiger partial charge on any atom is 0.306 e. The number of nitrogens with one attached hydrogen (secondary N) is 1. The Kier molecular flexibility index (Phi) is 5.84. The molecule has 1 aromatic heterocycles. The lowest BCUT2D eigenvalue weighted by molar-refractivity contribution is -0.144. The Balaban J connectivity index is 2.34. The van der Waals surface area contributed by atoms with Gasteiger partial charge in [-0.25, -0.2) is 0 Å². The number of ether oxygens (including phenoxy) is 1. The molecule has 0 aliphatic carbocycles. The second-order valence-corrected chi connectivity index (χ2v) is 3.85. The van der Waals surface area contributed by atoms with E-state index in [1.807, 2.05) is 25.1 Å². The third-order valence-corrected chi connectivity index (χ3v) is 2.37. The van der Waals surface area contributed by atoms with Crippen molar-refractivity contribution in [3.63, 3.8) is 0 Å². The monoisotopic (exact) mass is 250 g/mol. The fourth-order valence-corrected chi connectivity index (χ4v) is 1.47. The fraction of sp³-hybridized carbons (Fsp3) is 0.462. The van der Waals surface area contributed by atoms with Crippen LogP contribution in [0.25, 0.3) is 0 Å². The highest BCUT2D eigenvalue weighted by atomic mass is 16.5. The SMILES string of the molecule is CCOC(=O)CCC(=O)N[C@@H](C)c1ccccn1. The van der Waals surface area contributed by atoms with Gasteiger partial charge in [0.05, 0.1) is 24.8 Å². The summed E-state index contributed by atoms with van der Waals surface area (Å²) in [5.74, 6) is -0.528. The Morgan fingerprint density at radius 2 is 2.17 bits per heavy atom. The third kappa shape index (κ3) is 4.95. The van der Waals surface area contributed by atoms with E-state index in [2.05, 4.69) is 10.3 Å². The van der Waals surface area contributed by atoms with Crippen molar-refractivity contribution < 1.29 is 14.3 Å². The molecule has 1 amide bonds. The summed E-state index contributed by atoms with van der Waals surface area (Å²) < 4.78 is 4.75. The van der Waals surface area contributed by atoms with Crippen LogP contribution >= 0.6 is 0 Å². The third-order valence-electron chi connectivity index (χ3n) is 2.37. The van der Waals surface area contributed by atoms with Gasteiger partial charge in [-0.3, -0.25) is 14.6 Å². The van der Waals surface area contributed by atoms with Gasteiger partial charge in [-0.15, -0.1) is 0 Å². The van der Waals surface area contributed by atoms with E-state index < -0.39 is 0 Å². The number of carbonyl (C=O) groups excluding carboxylic acids is 2. The van der Waals surface area contributed by atoms with E-state index in [1.165, 1.54) is 0 Å². The van der Waals surface area contributed by atoms with Gasteiger partial charge in [0, 0.05) is 12.6 Å². The number of amides is 1. The van der Waals surface area contributed by atoms with Crippen LogP contribution in [0.4, 0.5) is 0 Å². The number of hydrogen-bond acceptors (Lipinski definition) is 4. The predicted octanol–water partition coefficient (Wildman–Crippen LogP) is 1.60. The molecule has 0 aliphatic rings. The van der Waals surface area contributed by atoms with Gasteiger partial charge >= 0.3 is 5.97 Å². The number of pyridine rings is 1. The molecule has 1 rings (SSSR count). The zero-order valence-corrected chi connectivity index (χ0v) is 10.7. The Morgan fingerprint density at radius 3 is 2.78 bits per heavy atom. The summed E-state index contributed by atoms with van der Waals surface area (Å²) >= 11 is 0. The Morgan fingerprint density at radius 1 is 1.39 bits per heavy atom. The molecule has 0 radical (unpaired) electrons. The molecule has 0 saturated heterocycles. The first kappa shape index (κ1) is 14.2. The van der Waals surface area contributed by atoms with Crippen molar-refractivity contribution in [1.82, 2.24) is 10.3 Å². The van der Waals surface area contributed by atoms with E-state index in [-0.39, 0.29) is 30.8 Å². The van der Waals surface area contributed by atoms with Crippen LogP contribution < -0.4 is 5.32 Å². The molecule has 0 unspecified atom stereocenters. The lowest BCUT2D eigenvalue weighted by Crippen LogP contribution is -2.27. The summed E-state index contributed by atoms with van der Waals surface area (Å²) in [5.41, 5.74) is 0.794. The van der Waals surface area contributed by atoms with Gasteiger partial charge < -0.3 is 10.1 Å². The van der Waals surface area contributed by atoms with Crippen molar-refractivity contribution in [2.24, 2.45) is 0 Å². The molecule has 0 saturated carbocycles. The van der Waals surface area contributed by atoms with Gasteiger partial charge in [0.1, 0.15) is 0 Å². The van der Waals surface area contributed by atoms with Crippen LogP contribution in [0.1, 0.15) is 38.4 Å². The van der Waals surface area contributed by atoms with Crippen LogP contribution in [0.5, 0.6) is 0 Å². The molecule has 0 spiro atoms. The van der Waals surface area contributed by atoms with Crippen LogP contribution in [0.3, 0.4) is 0 Å². The van der Waals surface area contributed by atoms with Crippen molar-refractivity contribution in [2.75, 3.05) is 6.61 Å².